The molecule has 0 bridgehead atoms. The summed E-state index contributed by atoms with van der Waals surface area (Å²) in [7, 11) is 1.25. The summed E-state index contributed by atoms with van der Waals surface area (Å²) in [5.41, 5.74) is -0.715. The van der Waals surface area contributed by atoms with Crippen LogP contribution in [0.3, 0.4) is 0 Å². The lowest BCUT2D eigenvalue weighted by Crippen LogP contribution is -2.34. The molecular formula is C13H15NO5. The van der Waals surface area contributed by atoms with Gasteiger partial charge < -0.3 is 9.84 Å². The maximum absolute atomic E-state index is 12.3. The van der Waals surface area contributed by atoms with Gasteiger partial charge in [0, 0.05) is 0 Å². The third kappa shape index (κ3) is 2.74. The van der Waals surface area contributed by atoms with Crippen LogP contribution in [0.4, 0.5) is 0 Å². The lowest BCUT2D eigenvalue weighted by Gasteiger charge is -2.17. The predicted molar refractivity (Wildman–Crippen MR) is 65.4 cm³/mol. The summed E-state index contributed by atoms with van der Waals surface area (Å²) in [6, 6.07) is 6.32. The molecule has 1 aromatic rings. The van der Waals surface area contributed by atoms with Crippen molar-refractivity contribution in [3.8, 4) is 0 Å². The van der Waals surface area contributed by atoms with Crippen molar-refractivity contribution in [1.82, 2.24) is 5.06 Å². The highest BCUT2D eigenvalue weighted by atomic mass is 16.7. The number of carbonyl (C=O) groups is 2. The Balaban J connectivity index is 2.27. The van der Waals surface area contributed by atoms with Crippen molar-refractivity contribution in [2.75, 3.05) is 20.3 Å². The molecule has 1 aromatic carbocycles. The van der Waals surface area contributed by atoms with Crippen molar-refractivity contribution in [2.24, 2.45) is 0 Å². The summed E-state index contributed by atoms with van der Waals surface area (Å²) in [5, 5.41) is 10.8. The zero-order chi connectivity index (χ0) is 14.0. The van der Waals surface area contributed by atoms with E-state index in [1.54, 1.807) is 19.1 Å². The number of amides is 1. The van der Waals surface area contributed by atoms with Gasteiger partial charge in [0.15, 0.2) is 0 Å². The van der Waals surface area contributed by atoms with Gasteiger partial charge in [-0.05, 0) is 19.1 Å². The van der Waals surface area contributed by atoms with Gasteiger partial charge in [-0.2, -0.15) is 0 Å². The predicted octanol–water partition coefficient (Wildman–Crippen LogP) is 0.612. The van der Waals surface area contributed by atoms with Gasteiger partial charge in [0.05, 0.1) is 24.8 Å². The summed E-state index contributed by atoms with van der Waals surface area (Å²) in [6.45, 7) is 1.67. The number of benzene rings is 1. The zero-order valence-corrected chi connectivity index (χ0v) is 10.8. The summed E-state index contributed by atoms with van der Waals surface area (Å²) in [6.07, 6.45) is 0. The van der Waals surface area contributed by atoms with E-state index in [1.165, 1.54) is 19.2 Å². The third-order valence-corrected chi connectivity index (χ3v) is 2.80. The minimum Gasteiger partial charge on any atom is -0.465 e. The van der Waals surface area contributed by atoms with Crippen molar-refractivity contribution in [3.05, 3.63) is 35.4 Å². The van der Waals surface area contributed by atoms with E-state index >= 15 is 0 Å². The zero-order valence-electron chi connectivity index (χ0n) is 10.8. The number of β-amino-alcohol motifs (C(OH)–C–C–N with tert-alkyl or cyclic N) is 1. The molecule has 1 aliphatic heterocycles. The summed E-state index contributed by atoms with van der Waals surface area (Å²) >= 11 is 0. The van der Waals surface area contributed by atoms with Gasteiger partial charge in [-0.1, -0.05) is 12.1 Å². The molecule has 0 saturated carbocycles. The van der Waals surface area contributed by atoms with Crippen molar-refractivity contribution in [1.29, 1.82) is 0 Å². The molecular weight excluding hydrogens is 250 g/mol. The van der Waals surface area contributed by atoms with Gasteiger partial charge >= 0.3 is 5.97 Å². The van der Waals surface area contributed by atoms with Crippen LogP contribution in [0.15, 0.2) is 24.3 Å². The number of nitrogens with zero attached hydrogens (tertiary/aromatic N) is 1. The molecule has 1 heterocycles. The lowest BCUT2D eigenvalue weighted by molar-refractivity contribution is -0.0798. The van der Waals surface area contributed by atoms with Crippen LogP contribution in [-0.4, -0.2) is 47.9 Å². The number of methoxy groups -OCH3 is 1. The largest absolute Gasteiger partial charge is 0.465 e. The molecule has 1 amide bonds. The molecule has 6 heteroatoms. The highest BCUT2D eigenvalue weighted by Crippen LogP contribution is 2.21. The number of esters is 1. The van der Waals surface area contributed by atoms with Gasteiger partial charge in [0.2, 0.25) is 0 Å². The molecule has 0 radical (unpaired) electrons. The van der Waals surface area contributed by atoms with E-state index in [9.17, 15) is 14.7 Å². The summed E-state index contributed by atoms with van der Waals surface area (Å²) < 4.78 is 4.63. The SMILES string of the molecule is COC(=O)c1ccccc1C(=O)N1C[C@@](C)(O)CO1. The van der Waals surface area contributed by atoms with E-state index in [1.807, 2.05) is 0 Å². The van der Waals surface area contributed by atoms with E-state index in [4.69, 9.17) is 4.84 Å². The molecule has 2 rings (SSSR count). The molecule has 0 unspecified atom stereocenters. The second-order valence-corrected chi connectivity index (χ2v) is 4.65. The average Bonchev–Trinajstić information content (AvgIpc) is 2.77. The average molecular weight is 265 g/mol. The maximum atomic E-state index is 12.3. The van der Waals surface area contributed by atoms with Gasteiger partial charge in [0.25, 0.3) is 5.91 Å². The van der Waals surface area contributed by atoms with Crippen LogP contribution in [0.2, 0.25) is 0 Å². The van der Waals surface area contributed by atoms with E-state index in [2.05, 4.69) is 4.74 Å². The molecule has 0 spiro atoms. The lowest BCUT2D eigenvalue weighted by atomic mass is 10.1. The molecule has 0 aliphatic carbocycles. The third-order valence-electron chi connectivity index (χ3n) is 2.80. The van der Waals surface area contributed by atoms with Crippen LogP contribution in [0.25, 0.3) is 0 Å². The summed E-state index contributed by atoms with van der Waals surface area (Å²) in [4.78, 5) is 29.0. The Morgan fingerprint density at radius 2 is 2.00 bits per heavy atom. The number of hydrogen-bond acceptors (Lipinski definition) is 5. The Kier molecular flexibility index (Phi) is 3.55. The van der Waals surface area contributed by atoms with Crippen LogP contribution in [0, 0.1) is 0 Å². The molecule has 102 valence electrons. The molecule has 1 fully saturated rings. The first kappa shape index (κ1) is 13.5. The molecule has 19 heavy (non-hydrogen) atoms. The first-order valence-electron chi connectivity index (χ1n) is 5.79. The highest BCUT2D eigenvalue weighted by Gasteiger charge is 2.37. The van der Waals surface area contributed by atoms with E-state index in [0.29, 0.717) is 0 Å². The van der Waals surface area contributed by atoms with Gasteiger partial charge in [0.1, 0.15) is 12.2 Å². The van der Waals surface area contributed by atoms with Crippen molar-refractivity contribution in [3.63, 3.8) is 0 Å². The molecule has 6 nitrogen and oxygen atoms in total. The fourth-order valence-corrected chi connectivity index (χ4v) is 1.84. The number of hydroxylamine groups is 2. The van der Waals surface area contributed by atoms with E-state index < -0.39 is 17.5 Å². The number of hydrogen-bond donors (Lipinski definition) is 1. The molecule has 1 N–H and O–H groups in total. The number of carbonyl (C=O) groups excluding carboxylic acids is 2. The van der Waals surface area contributed by atoms with Crippen molar-refractivity contribution in [2.45, 2.75) is 12.5 Å². The van der Waals surface area contributed by atoms with E-state index in [0.717, 1.165) is 5.06 Å². The Labute approximate surface area is 110 Å². The molecule has 1 aliphatic rings. The Morgan fingerprint density at radius 3 is 2.53 bits per heavy atom. The van der Waals surface area contributed by atoms with Gasteiger partial charge in [-0.3, -0.25) is 9.63 Å². The fourth-order valence-electron chi connectivity index (χ4n) is 1.84. The van der Waals surface area contributed by atoms with Crippen LogP contribution >= 0.6 is 0 Å². The number of ether oxygens (including phenoxy) is 1. The van der Waals surface area contributed by atoms with Crippen LogP contribution < -0.4 is 0 Å². The quantitative estimate of drug-likeness (QED) is 0.793. The standard InChI is InChI=1S/C13H15NO5/c1-13(17)7-14(19-8-13)11(15)9-5-3-4-6-10(9)12(16)18-2/h3-6,17H,7-8H2,1-2H3/t13-/m1/s1. The van der Waals surface area contributed by atoms with Crippen molar-refractivity contribution < 1.29 is 24.3 Å². The minimum absolute atomic E-state index is 0.0408. The topological polar surface area (TPSA) is 76.1 Å². The first-order valence-corrected chi connectivity index (χ1v) is 5.79. The van der Waals surface area contributed by atoms with Crippen molar-refractivity contribution >= 4 is 11.9 Å². The second-order valence-electron chi connectivity index (χ2n) is 4.65. The number of rotatable bonds is 2. The highest BCUT2D eigenvalue weighted by molar-refractivity contribution is 6.05. The monoisotopic (exact) mass is 265 g/mol. The molecule has 1 atom stereocenters. The smallest absolute Gasteiger partial charge is 0.338 e. The molecule has 0 aromatic heterocycles. The normalized spacial score (nSPS) is 22.4. The molecule has 1 saturated heterocycles. The van der Waals surface area contributed by atoms with Gasteiger partial charge in [-0.15, -0.1) is 0 Å². The van der Waals surface area contributed by atoms with Crippen LogP contribution in [-0.2, 0) is 9.57 Å². The Bertz CT molecular complexity index is 512. The van der Waals surface area contributed by atoms with Gasteiger partial charge in [-0.25, -0.2) is 9.86 Å². The Morgan fingerprint density at radius 1 is 1.37 bits per heavy atom. The second kappa shape index (κ2) is 4.99. The first-order chi connectivity index (χ1) is 8.94. The summed E-state index contributed by atoms with van der Waals surface area (Å²) in [5.74, 6) is -1.06. The van der Waals surface area contributed by atoms with Crippen LogP contribution in [0.5, 0.6) is 0 Å². The number of aliphatic hydroxyl groups is 1. The fraction of sp³-hybridized carbons (Fsp3) is 0.385. The van der Waals surface area contributed by atoms with E-state index in [-0.39, 0.29) is 24.3 Å². The Hall–Kier alpha value is -1.92. The maximum Gasteiger partial charge on any atom is 0.338 e. The minimum atomic E-state index is -1.07. The van der Waals surface area contributed by atoms with Crippen LogP contribution in [0.1, 0.15) is 27.6 Å².